The van der Waals surface area contributed by atoms with Gasteiger partial charge in [0.1, 0.15) is 6.54 Å². The maximum absolute atomic E-state index is 13.2. The van der Waals surface area contributed by atoms with Crippen LogP contribution in [0.2, 0.25) is 0 Å². The Bertz CT molecular complexity index is 1130. The van der Waals surface area contributed by atoms with Crippen molar-refractivity contribution < 1.29 is 4.79 Å². The van der Waals surface area contributed by atoms with Crippen LogP contribution in [0.1, 0.15) is 24.8 Å². The van der Waals surface area contributed by atoms with Gasteiger partial charge in [-0.05, 0) is 43.4 Å². The van der Waals surface area contributed by atoms with Gasteiger partial charge in [0.05, 0.1) is 5.52 Å². The van der Waals surface area contributed by atoms with Crippen LogP contribution in [0.5, 0.6) is 0 Å². The molecule has 0 saturated carbocycles. The van der Waals surface area contributed by atoms with E-state index >= 15 is 0 Å². The Morgan fingerprint density at radius 1 is 0.931 bits per heavy atom. The average Bonchev–Trinajstić information content (AvgIpc) is 2.78. The molecule has 150 valence electrons. The second-order valence-electron chi connectivity index (χ2n) is 7.37. The van der Waals surface area contributed by atoms with E-state index in [1.807, 2.05) is 30.3 Å². The summed E-state index contributed by atoms with van der Waals surface area (Å²) in [6, 6.07) is 13.1. The molecule has 1 amide bonds. The third-order valence-electron chi connectivity index (χ3n) is 5.46. The monoisotopic (exact) mass is 392 g/mol. The first kappa shape index (κ1) is 19.1. The lowest BCUT2D eigenvalue weighted by molar-refractivity contribution is -0.132. The van der Waals surface area contributed by atoms with Crippen molar-refractivity contribution in [1.82, 2.24) is 19.0 Å². The van der Waals surface area contributed by atoms with Crippen molar-refractivity contribution in [3.05, 3.63) is 75.1 Å². The van der Waals surface area contributed by atoms with E-state index < -0.39 is 11.2 Å². The molecule has 0 N–H and O–H groups in total. The number of carbonyl (C=O) groups excluding carboxylic acids is 1. The molecule has 3 heterocycles. The minimum Gasteiger partial charge on any atom is -0.341 e. The number of hydrogen-bond donors (Lipinski definition) is 0. The minimum absolute atomic E-state index is 0.0767. The summed E-state index contributed by atoms with van der Waals surface area (Å²) < 4.78 is 2.59. The van der Waals surface area contributed by atoms with Gasteiger partial charge < -0.3 is 4.90 Å². The predicted molar refractivity (Wildman–Crippen MR) is 111 cm³/mol. The van der Waals surface area contributed by atoms with Crippen LogP contribution < -0.4 is 11.2 Å². The molecule has 1 aromatic carbocycles. The van der Waals surface area contributed by atoms with Gasteiger partial charge in [0.2, 0.25) is 5.91 Å². The number of likely N-dealkylation sites (tertiary alicyclic amines) is 1. The standard InChI is InChI=1S/C22H24N4O3/c27-19(24-13-5-2-6-14-24)16-26-18-10-7-12-23-20(18)21(28)25(22(26)29)15-11-17-8-3-1-4-9-17/h1,3-4,7-10,12H,2,5-6,11,13-16H2. The van der Waals surface area contributed by atoms with Crippen LogP contribution in [0.25, 0.3) is 11.0 Å². The number of aryl methyl sites for hydroxylation is 1. The molecule has 0 unspecified atom stereocenters. The molecule has 0 atom stereocenters. The van der Waals surface area contributed by atoms with E-state index in [0.717, 1.165) is 37.9 Å². The number of rotatable bonds is 5. The molecule has 7 nitrogen and oxygen atoms in total. The number of nitrogens with zero attached hydrogens (tertiary/aromatic N) is 4. The molecular weight excluding hydrogens is 368 g/mol. The Hall–Kier alpha value is -3.22. The summed E-state index contributed by atoms with van der Waals surface area (Å²) in [6.45, 7) is 1.60. The summed E-state index contributed by atoms with van der Waals surface area (Å²) in [7, 11) is 0. The third-order valence-corrected chi connectivity index (χ3v) is 5.46. The molecule has 0 radical (unpaired) electrons. The third kappa shape index (κ3) is 3.99. The molecular formula is C22H24N4O3. The molecule has 4 rings (SSSR count). The van der Waals surface area contributed by atoms with E-state index in [4.69, 9.17) is 0 Å². The molecule has 2 aromatic heterocycles. The summed E-state index contributed by atoms with van der Waals surface area (Å²) in [4.78, 5) is 44.9. The smallest absolute Gasteiger partial charge is 0.332 e. The first-order chi connectivity index (χ1) is 14.1. The molecule has 0 aliphatic carbocycles. The van der Waals surface area contributed by atoms with Crippen LogP contribution in [0.15, 0.2) is 58.3 Å². The highest BCUT2D eigenvalue weighted by molar-refractivity contribution is 5.79. The highest BCUT2D eigenvalue weighted by atomic mass is 16.2. The average molecular weight is 392 g/mol. The molecule has 1 aliphatic heterocycles. The largest absolute Gasteiger partial charge is 0.341 e. The SMILES string of the molecule is O=C(Cn1c(=O)n(CCc2ccccc2)c(=O)c2ncccc21)N1CCCCC1. The Balaban J connectivity index is 1.71. The lowest BCUT2D eigenvalue weighted by Gasteiger charge is -2.27. The van der Waals surface area contributed by atoms with E-state index in [1.165, 1.54) is 15.3 Å². The number of pyridine rings is 1. The molecule has 29 heavy (non-hydrogen) atoms. The van der Waals surface area contributed by atoms with Crippen molar-refractivity contribution in [2.45, 2.75) is 38.8 Å². The quantitative estimate of drug-likeness (QED) is 0.664. The molecule has 0 spiro atoms. The van der Waals surface area contributed by atoms with Crippen molar-refractivity contribution in [3.8, 4) is 0 Å². The van der Waals surface area contributed by atoms with Crippen molar-refractivity contribution in [2.75, 3.05) is 13.1 Å². The van der Waals surface area contributed by atoms with Crippen LogP contribution in [-0.2, 0) is 24.3 Å². The van der Waals surface area contributed by atoms with Gasteiger partial charge in [0.15, 0.2) is 5.52 Å². The zero-order chi connectivity index (χ0) is 20.2. The van der Waals surface area contributed by atoms with E-state index in [0.29, 0.717) is 11.9 Å². The lowest BCUT2D eigenvalue weighted by Crippen LogP contribution is -2.45. The maximum Gasteiger partial charge on any atom is 0.332 e. The molecule has 1 fully saturated rings. The minimum atomic E-state index is -0.461. The number of hydrogen-bond acceptors (Lipinski definition) is 4. The second kappa shape index (κ2) is 8.43. The van der Waals surface area contributed by atoms with Crippen molar-refractivity contribution >= 4 is 16.9 Å². The number of benzene rings is 1. The molecule has 0 bridgehead atoms. The lowest BCUT2D eigenvalue weighted by atomic mass is 10.1. The van der Waals surface area contributed by atoms with Crippen LogP contribution in [0.3, 0.4) is 0 Å². The van der Waals surface area contributed by atoms with Crippen LogP contribution in [0.4, 0.5) is 0 Å². The fourth-order valence-corrected chi connectivity index (χ4v) is 3.86. The highest BCUT2D eigenvalue weighted by Gasteiger charge is 2.20. The second-order valence-corrected chi connectivity index (χ2v) is 7.37. The summed E-state index contributed by atoms with van der Waals surface area (Å²) in [5, 5.41) is 0. The first-order valence-electron chi connectivity index (χ1n) is 10.1. The van der Waals surface area contributed by atoms with Crippen molar-refractivity contribution in [3.63, 3.8) is 0 Å². The van der Waals surface area contributed by atoms with E-state index in [-0.39, 0.29) is 24.5 Å². The zero-order valence-corrected chi connectivity index (χ0v) is 16.3. The first-order valence-corrected chi connectivity index (χ1v) is 10.1. The van der Waals surface area contributed by atoms with Gasteiger partial charge in [-0.1, -0.05) is 30.3 Å². The van der Waals surface area contributed by atoms with Crippen LogP contribution in [0, 0.1) is 0 Å². The van der Waals surface area contributed by atoms with Crippen LogP contribution in [-0.4, -0.2) is 38.0 Å². The molecule has 7 heteroatoms. The Kier molecular flexibility index (Phi) is 5.55. The number of carbonyl (C=O) groups is 1. The zero-order valence-electron chi connectivity index (χ0n) is 16.3. The molecule has 3 aromatic rings. The summed E-state index contributed by atoms with van der Waals surface area (Å²) >= 11 is 0. The number of fused-ring (bicyclic) bond motifs is 1. The van der Waals surface area contributed by atoms with Gasteiger partial charge in [-0.25, -0.2) is 9.78 Å². The predicted octanol–water partition coefficient (Wildman–Crippen LogP) is 1.81. The number of amides is 1. The van der Waals surface area contributed by atoms with E-state index in [9.17, 15) is 14.4 Å². The number of aromatic nitrogens is 3. The fraction of sp³-hybridized carbons (Fsp3) is 0.364. The fourth-order valence-electron chi connectivity index (χ4n) is 3.86. The Morgan fingerprint density at radius 3 is 2.45 bits per heavy atom. The summed E-state index contributed by atoms with van der Waals surface area (Å²) in [5.41, 5.74) is 0.784. The van der Waals surface area contributed by atoms with Gasteiger partial charge in [0.25, 0.3) is 5.56 Å². The Labute approximate surface area is 168 Å². The summed E-state index contributed by atoms with van der Waals surface area (Å²) in [6.07, 6.45) is 5.18. The van der Waals surface area contributed by atoms with Gasteiger partial charge in [-0.3, -0.25) is 18.7 Å². The van der Waals surface area contributed by atoms with Crippen molar-refractivity contribution in [2.24, 2.45) is 0 Å². The summed E-state index contributed by atoms with van der Waals surface area (Å²) in [5.74, 6) is -0.0924. The number of piperidine rings is 1. The Morgan fingerprint density at radius 2 is 1.69 bits per heavy atom. The normalized spacial score (nSPS) is 14.3. The van der Waals surface area contributed by atoms with Gasteiger partial charge in [-0.2, -0.15) is 0 Å². The maximum atomic E-state index is 13.2. The highest BCUT2D eigenvalue weighted by Crippen LogP contribution is 2.11. The van der Waals surface area contributed by atoms with Crippen molar-refractivity contribution in [1.29, 1.82) is 0 Å². The molecule has 1 saturated heterocycles. The molecule has 1 aliphatic rings. The van der Waals surface area contributed by atoms with Crippen LogP contribution >= 0.6 is 0 Å². The van der Waals surface area contributed by atoms with Gasteiger partial charge in [-0.15, -0.1) is 0 Å². The van der Waals surface area contributed by atoms with E-state index in [1.54, 1.807) is 17.0 Å². The van der Waals surface area contributed by atoms with E-state index in [2.05, 4.69) is 4.98 Å². The topological polar surface area (TPSA) is 77.2 Å². The van der Waals surface area contributed by atoms with Gasteiger partial charge in [0, 0.05) is 25.8 Å². The van der Waals surface area contributed by atoms with Gasteiger partial charge >= 0.3 is 5.69 Å².